The van der Waals surface area contributed by atoms with Gasteiger partial charge in [-0.2, -0.15) is 0 Å². The van der Waals surface area contributed by atoms with Crippen LogP contribution in [0.3, 0.4) is 0 Å². The minimum atomic E-state index is -1.28. The third-order valence-electron chi connectivity index (χ3n) is 5.14. The summed E-state index contributed by atoms with van der Waals surface area (Å²) in [4.78, 5) is 53.0. The summed E-state index contributed by atoms with van der Waals surface area (Å²) in [6.07, 6.45) is 0.126. The monoisotopic (exact) mass is 490 g/mol. The number of rotatable bonds is 11. The van der Waals surface area contributed by atoms with E-state index in [0.29, 0.717) is 12.0 Å². The second-order valence-corrected chi connectivity index (χ2v) is 10.2. The first-order valence-corrected chi connectivity index (χ1v) is 12.1. The minimum absolute atomic E-state index is 0.153. The molecular formula is C26H42N4O5. The van der Waals surface area contributed by atoms with E-state index < -0.39 is 42.0 Å². The number of carbonyl (C=O) groups excluding carboxylic acids is 4. The zero-order valence-electron chi connectivity index (χ0n) is 22.4. The maximum Gasteiger partial charge on any atom is 0.408 e. The summed E-state index contributed by atoms with van der Waals surface area (Å²) in [6.45, 7) is 14.8. The van der Waals surface area contributed by atoms with Crippen molar-refractivity contribution in [2.75, 3.05) is 6.54 Å². The van der Waals surface area contributed by atoms with Crippen molar-refractivity contribution in [3.8, 4) is 0 Å². The van der Waals surface area contributed by atoms with Gasteiger partial charge in [0.1, 0.15) is 17.7 Å². The van der Waals surface area contributed by atoms with Gasteiger partial charge in [-0.15, -0.1) is 0 Å². The lowest BCUT2D eigenvalue weighted by Crippen LogP contribution is -2.54. The predicted octanol–water partition coefficient (Wildman–Crippen LogP) is 3.27. The molecule has 0 radical (unpaired) electrons. The molecule has 2 atom stereocenters. The summed E-state index contributed by atoms with van der Waals surface area (Å²) in [6, 6.07) is 3.30. The fourth-order valence-corrected chi connectivity index (χ4v) is 3.69. The predicted molar refractivity (Wildman–Crippen MR) is 136 cm³/mol. The molecule has 0 saturated carbocycles. The zero-order chi connectivity index (χ0) is 26.9. The second kappa shape index (κ2) is 13.1. The minimum Gasteiger partial charge on any atom is -0.444 e. The molecule has 4 amide bonds. The molecule has 35 heavy (non-hydrogen) atoms. The van der Waals surface area contributed by atoms with Gasteiger partial charge in [-0.1, -0.05) is 37.1 Å². The van der Waals surface area contributed by atoms with Crippen molar-refractivity contribution in [2.45, 2.75) is 98.4 Å². The average Bonchev–Trinajstić information content (AvgIpc) is 2.68. The van der Waals surface area contributed by atoms with E-state index in [1.165, 1.54) is 4.90 Å². The number of nitrogens with zero attached hydrogens (tertiary/aromatic N) is 1. The van der Waals surface area contributed by atoms with Gasteiger partial charge in [-0.05, 0) is 66.0 Å². The molecule has 0 aromatic heterocycles. The number of benzene rings is 1. The van der Waals surface area contributed by atoms with E-state index >= 15 is 0 Å². The topological polar surface area (TPSA) is 131 Å². The van der Waals surface area contributed by atoms with Crippen LogP contribution < -0.4 is 16.4 Å². The van der Waals surface area contributed by atoms with Crippen molar-refractivity contribution < 1.29 is 23.9 Å². The Kier molecular flexibility index (Phi) is 11.2. The Hall–Kier alpha value is -3.10. The molecular weight excluding hydrogens is 448 g/mol. The number of primary amides is 1. The standard InChI is InChI=1S/C26H42N4O5/c1-9-10-13-30(24(33)20(15-21(27)31)29-25(34)35-26(6,7)8)22(23(32)28-16(2)3)19-12-11-17(4)14-18(19)5/h11-12,14,16,20,22H,9-10,13,15H2,1-8H3,(H2,27,31)(H,28,32)(H,29,34). The summed E-state index contributed by atoms with van der Waals surface area (Å²) >= 11 is 0. The zero-order valence-corrected chi connectivity index (χ0v) is 22.4. The number of ether oxygens (including phenoxy) is 1. The van der Waals surface area contributed by atoms with Crippen LogP contribution in [0.2, 0.25) is 0 Å². The van der Waals surface area contributed by atoms with E-state index in [9.17, 15) is 19.2 Å². The maximum atomic E-state index is 13.8. The van der Waals surface area contributed by atoms with Gasteiger partial charge in [0, 0.05) is 12.6 Å². The second-order valence-electron chi connectivity index (χ2n) is 10.2. The van der Waals surface area contributed by atoms with Gasteiger partial charge in [0.2, 0.25) is 17.7 Å². The molecule has 9 heteroatoms. The number of hydrogen-bond acceptors (Lipinski definition) is 5. The largest absolute Gasteiger partial charge is 0.444 e. The molecule has 0 aliphatic rings. The van der Waals surface area contributed by atoms with Crippen molar-refractivity contribution in [1.29, 1.82) is 0 Å². The molecule has 1 aromatic carbocycles. The van der Waals surface area contributed by atoms with Crippen LogP contribution in [-0.2, 0) is 19.1 Å². The molecule has 9 nitrogen and oxygen atoms in total. The highest BCUT2D eigenvalue weighted by atomic mass is 16.6. The lowest BCUT2D eigenvalue weighted by atomic mass is 9.95. The van der Waals surface area contributed by atoms with E-state index in [-0.39, 0.29) is 18.5 Å². The first-order valence-electron chi connectivity index (χ1n) is 12.1. The van der Waals surface area contributed by atoms with Crippen molar-refractivity contribution in [1.82, 2.24) is 15.5 Å². The molecule has 0 aliphatic carbocycles. The third-order valence-corrected chi connectivity index (χ3v) is 5.14. The van der Waals surface area contributed by atoms with Crippen LogP contribution in [-0.4, -0.2) is 52.9 Å². The number of carbonyl (C=O) groups is 4. The Balaban J connectivity index is 3.53. The van der Waals surface area contributed by atoms with Gasteiger partial charge >= 0.3 is 6.09 Å². The molecule has 0 aliphatic heterocycles. The molecule has 0 bridgehead atoms. The normalized spacial score (nSPS) is 13.1. The summed E-state index contributed by atoms with van der Waals surface area (Å²) in [7, 11) is 0. The maximum absolute atomic E-state index is 13.8. The first kappa shape index (κ1) is 29.9. The molecule has 0 heterocycles. The van der Waals surface area contributed by atoms with Crippen LogP contribution in [0.15, 0.2) is 18.2 Å². The summed E-state index contributed by atoms with van der Waals surface area (Å²) in [5.41, 5.74) is 7.16. The number of hydrogen-bond donors (Lipinski definition) is 3. The Labute approximate surface area is 209 Å². The van der Waals surface area contributed by atoms with Crippen LogP contribution in [0.5, 0.6) is 0 Å². The third kappa shape index (κ3) is 9.96. The van der Waals surface area contributed by atoms with Gasteiger partial charge < -0.3 is 26.0 Å². The number of unbranched alkanes of at least 4 members (excludes halogenated alkanes) is 1. The first-order chi connectivity index (χ1) is 16.2. The van der Waals surface area contributed by atoms with Gasteiger partial charge in [0.25, 0.3) is 0 Å². The van der Waals surface area contributed by atoms with Crippen molar-refractivity contribution >= 4 is 23.8 Å². The van der Waals surface area contributed by atoms with E-state index in [4.69, 9.17) is 10.5 Å². The van der Waals surface area contributed by atoms with Crippen molar-refractivity contribution in [3.05, 3.63) is 34.9 Å². The highest BCUT2D eigenvalue weighted by Gasteiger charge is 2.37. The number of nitrogens with one attached hydrogen (secondary N) is 2. The van der Waals surface area contributed by atoms with Crippen molar-refractivity contribution in [3.63, 3.8) is 0 Å². The van der Waals surface area contributed by atoms with Gasteiger partial charge in [0.05, 0.1) is 6.42 Å². The number of alkyl carbamates (subject to hydrolysis) is 1. The molecule has 0 spiro atoms. The summed E-state index contributed by atoms with van der Waals surface area (Å²) in [5, 5.41) is 5.40. The van der Waals surface area contributed by atoms with Crippen molar-refractivity contribution in [2.24, 2.45) is 5.73 Å². The molecule has 196 valence electrons. The van der Waals surface area contributed by atoms with Crippen LogP contribution in [0.1, 0.15) is 83.5 Å². The fraction of sp³-hybridized carbons (Fsp3) is 0.615. The van der Waals surface area contributed by atoms with Crippen LogP contribution in [0.4, 0.5) is 4.79 Å². The Morgan fingerprint density at radius 1 is 1.09 bits per heavy atom. The lowest BCUT2D eigenvalue weighted by molar-refractivity contribution is -0.143. The van der Waals surface area contributed by atoms with Gasteiger partial charge in [0.15, 0.2) is 0 Å². The van der Waals surface area contributed by atoms with Gasteiger partial charge in [-0.3, -0.25) is 14.4 Å². The van der Waals surface area contributed by atoms with Gasteiger partial charge in [-0.25, -0.2) is 4.79 Å². The van der Waals surface area contributed by atoms with Crippen LogP contribution >= 0.6 is 0 Å². The smallest absolute Gasteiger partial charge is 0.408 e. The fourth-order valence-electron chi connectivity index (χ4n) is 3.69. The Morgan fingerprint density at radius 2 is 1.71 bits per heavy atom. The molecule has 0 saturated heterocycles. The molecule has 0 fully saturated rings. The number of amides is 4. The van der Waals surface area contributed by atoms with E-state index in [1.807, 2.05) is 52.8 Å². The number of aryl methyl sites for hydroxylation is 2. The SMILES string of the molecule is CCCCN(C(=O)C(CC(N)=O)NC(=O)OC(C)(C)C)C(C(=O)NC(C)C)c1ccc(C)cc1C. The van der Waals surface area contributed by atoms with Crippen LogP contribution in [0.25, 0.3) is 0 Å². The molecule has 1 rings (SSSR count). The lowest BCUT2D eigenvalue weighted by Gasteiger charge is -2.35. The summed E-state index contributed by atoms with van der Waals surface area (Å²) in [5.74, 6) is -1.68. The van der Waals surface area contributed by atoms with E-state index in [2.05, 4.69) is 10.6 Å². The Bertz CT molecular complexity index is 907. The van der Waals surface area contributed by atoms with Crippen LogP contribution in [0, 0.1) is 13.8 Å². The molecule has 2 unspecified atom stereocenters. The average molecular weight is 491 g/mol. The highest BCUT2D eigenvalue weighted by molar-refractivity contribution is 5.94. The Morgan fingerprint density at radius 3 is 2.20 bits per heavy atom. The quantitative estimate of drug-likeness (QED) is 0.438. The molecule has 4 N–H and O–H groups in total. The summed E-state index contributed by atoms with van der Waals surface area (Å²) < 4.78 is 5.29. The number of nitrogens with two attached hydrogens (primary N) is 1. The van der Waals surface area contributed by atoms with E-state index in [1.54, 1.807) is 20.8 Å². The van der Waals surface area contributed by atoms with E-state index in [0.717, 1.165) is 17.5 Å². The highest BCUT2D eigenvalue weighted by Crippen LogP contribution is 2.27. The molecule has 1 aromatic rings.